The highest BCUT2D eigenvalue weighted by molar-refractivity contribution is 7.80. The number of hydrogen-bond donors (Lipinski definition) is 11. The molecule has 19 heteroatoms. The number of unbranched alkanes of at least 4 members (excludes halogenated alkanes) is 1. The Morgan fingerprint density at radius 1 is 0.784 bits per heavy atom. The van der Waals surface area contributed by atoms with Crippen molar-refractivity contribution in [1.29, 1.82) is 0 Å². The molecule has 1 aliphatic heterocycles. The third kappa shape index (κ3) is 14.1. The van der Waals surface area contributed by atoms with Crippen molar-refractivity contribution in [2.45, 2.75) is 115 Å². The van der Waals surface area contributed by atoms with Crippen LogP contribution in [0.15, 0.2) is 0 Å². The number of nitrogens with two attached hydrogens (primary N) is 2. The lowest BCUT2D eigenvalue weighted by Crippen LogP contribution is -2.61. The first-order chi connectivity index (χ1) is 24.1. The number of aliphatic hydroxyl groups excluding tert-OH is 1. The molecule has 51 heavy (non-hydrogen) atoms. The van der Waals surface area contributed by atoms with E-state index in [1.54, 1.807) is 0 Å². The Morgan fingerprint density at radius 2 is 1.31 bits per heavy atom. The van der Waals surface area contributed by atoms with Gasteiger partial charge in [0, 0.05) is 18.1 Å². The van der Waals surface area contributed by atoms with E-state index < -0.39 is 90.3 Å². The summed E-state index contributed by atoms with van der Waals surface area (Å²) in [6, 6.07) is -8.06. The SMILES string of the molecule is CC[C@H](C)[C@H](N)C(=O)N[C@H](C(=O)N1CCC[C@H]1C(=O)N[C@@H](CO)C(=O)N[C@@H](CS)C(=O)N[C@@H](CS)C(=O)N[C@@H](CCCCN)C(=O)O)[C@@H](C)CC. The Morgan fingerprint density at radius 3 is 1.78 bits per heavy atom. The van der Waals surface area contributed by atoms with Crippen molar-refractivity contribution >= 4 is 66.7 Å². The molecule has 1 rings (SSSR count). The number of aliphatic hydroxyl groups is 1. The molecule has 1 aliphatic rings. The number of carboxylic acids is 1. The van der Waals surface area contributed by atoms with Gasteiger partial charge in [-0.3, -0.25) is 28.8 Å². The van der Waals surface area contributed by atoms with E-state index in [0.29, 0.717) is 38.6 Å². The van der Waals surface area contributed by atoms with Crippen molar-refractivity contribution < 1.29 is 43.8 Å². The highest BCUT2D eigenvalue weighted by Gasteiger charge is 2.41. The molecule has 0 aliphatic carbocycles. The maximum atomic E-state index is 13.8. The van der Waals surface area contributed by atoms with Crippen molar-refractivity contribution in [3.63, 3.8) is 0 Å². The molecule has 9 atom stereocenters. The number of likely N-dealkylation sites (tertiary alicyclic amines) is 1. The van der Waals surface area contributed by atoms with Gasteiger partial charge in [0.15, 0.2) is 0 Å². The Hall–Kier alpha value is -3.13. The number of rotatable bonds is 23. The summed E-state index contributed by atoms with van der Waals surface area (Å²) in [6.45, 7) is 7.18. The summed E-state index contributed by atoms with van der Waals surface area (Å²) < 4.78 is 0. The maximum Gasteiger partial charge on any atom is 0.326 e. The van der Waals surface area contributed by atoms with E-state index in [4.69, 9.17) is 11.5 Å². The molecule has 1 fully saturated rings. The number of thiol groups is 2. The van der Waals surface area contributed by atoms with Crippen molar-refractivity contribution in [2.75, 3.05) is 31.2 Å². The summed E-state index contributed by atoms with van der Waals surface area (Å²) in [7, 11) is 0. The van der Waals surface area contributed by atoms with E-state index in [-0.39, 0.29) is 42.7 Å². The van der Waals surface area contributed by atoms with Gasteiger partial charge in [0.1, 0.15) is 36.3 Å². The molecule has 0 spiro atoms. The second kappa shape index (κ2) is 23.4. The van der Waals surface area contributed by atoms with Crippen LogP contribution >= 0.6 is 25.3 Å². The smallest absolute Gasteiger partial charge is 0.326 e. The summed E-state index contributed by atoms with van der Waals surface area (Å²) >= 11 is 8.21. The van der Waals surface area contributed by atoms with E-state index in [1.165, 1.54) is 4.90 Å². The summed E-state index contributed by atoms with van der Waals surface area (Å²) in [6.07, 6.45) is 3.14. The van der Waals surface area contributed by atoms with Crippen LogP contribution in [0.1, 0.15) is 72.6 Å². The van der Waals surface area contributed by atoms with Gasteiger partial charge in [-0.25, -0.2) is 4.79 Å². The quantitative estimate of drug-likeness (QED) is 0.0396. The first-order valence-electron chi connectivity index (χ1n) is 17.4. The molecule has 6 amide bonds. The third-order valence-electron chi connectivity index (χ3n) is 9.18. The van der Waals surface area contributed by atoms with Crippen LogP contribution in [-0.2, 0) is 33.6 Å². The van der Waals surface area contributed by atoms with Crippen molar-refractivity contribution in [3.8, 4) is 0 Å². The minimum atomic E-state index is -1.52. The lowest BCUT2D eigenvalue weighted by molar-refractivity contribution is -0.143. The minimum absolute atomic E-state index is 0.116. The average Bonchev–Trinajstić information content (AvgIpc) is 3.62. The lowest BCUT2D eigenvalue weighted by Gasteiger charge is -2.33. The number of amides is 6. The molecule has 0 aromatic carbocycles. The molecule has 0 unspecified atom stereocenters. The molecular formula is C32H58N8O9S2. The van der Waals surface area contributed by atoms with Crippen LogP contribution in [0, 0.1) is 11.8 Å². The monoisotopic (exact) mass is 762 g/mol. The fourth-order valence-corrected chi connectivity index (χ4v) is 5.86. The zero-order chi connectivity index (χ0) is 38.8. The molecule has 0 radical (unpaired) electrons. The van der Waals surface area contributed by atoms with Gasteiger partial charge >= 0.3 is 5.97 Å². The van der Waals surface area contributed by atoms with Crippen LogP contribution in [0.4, 0.5) is 0 Å². The number of nitrogens with zero attached hydrogens (tertiary/aromatic N) is 1. The molecule has 17 nitrogen and oxygen atoms in total. The molecule has 0 aromatic heterocycles. The molecule has 1 saturated heterocycles. The zero-order valence-corrected chi connectivity index (χ0v) is 31.7. The molecule has 292 valence electrons. The standard InChI is InChI=1S/C32H58N8O9S2/c1-5-17(3)24(34)30(46)39-25(18(4)6-2)31(47)40-13-9-11-23(40)29(45)36-20(14-41)26(42)37-22(16-51)28(44)38-21(15-50)27(43)35-19(32(48)49)10-7-8-12-33/h17-25,41,50-51H,5-16,33-34H2,1-4H3,(H,35,43)(H,36,45)(H,37,42)(H,38,44)(H,39,46)(H,48,49)/t17-,18-,19-,20-,21-,22-,23-,24-,25-/m0/s1. The number of nitrogens with one attached hydrogen (secondary N) is 5. The van der Waals surface area contributed by atoms with Crippen LogP contribution in [0.25, 0.3) is 0 Å². The first-order valence-corrected chi connectivity index (χ1v) is 18.7. The van der Waals surface area contributed by atoms with Crippen LogP contribution in [0.5, 0.6) is 0 Å². The van der Waals surface area contributed by atoms with E-state index in [2.05, 4.69) is 51.8 Å². The highest BCUT2D eigenvalue weighted by atomic mass is 32.1. The highest BCUT2D eigenvalue weighted by Crippen LogP contribution is 2.22. The molecule has 11 N–H and O–H groups in total. The molecular weight excluding hydrogens is 705 g/mol. The lowest BCUT2D eigenvalue weighted by atomic mass is 9.95. The Kier molecular flexibility index (Phi) is 21.1. The predicted molar refractivity (Wildman–Crippen MR) is 197 cm³/mol. The van der Waals surface area contributed by atoms with Gasteiger partial charge in [-0.1, -0.05) is 40.5 Å². The average molecular weight is 763 g/mol. The second-order valence-electron chi connectivity index (χ2n) is 12.9. The molecule has 0 bridgehead atoms. The largest absolute Gasteiger partial charge is 0.480 e. The summed E-state index contributed by atoms with van der Waals surface area (Å²) in [4.78, 5) is 92.0. The van der Waals surface area contributed by atoms with Gasteiger partial charge < -0.3 is 53.2 Å². The van der Waals surface area contributed by atoms with Crippen molar-refractivity contribution in [3.05, 3.63) is 0 Å². The van der Waals surface area contributed by atoms with E-state index in [0.717, 1.165) is 0 Å². The maximum absolute atomic E-state index is 13.8. The number of carbonyl (C=O) groups excluding carboxylic acids is 6. The van der Waals surface area contributed by atoms with Crippen LogP contribution in [0.2, 0.25) is 0 Å². The van der Waals surface area contributed by atoms with Gasteiger partial charge in [0.25, 0.3) is 0 Å². The fourth-order valence-electron chi connectivity index (χ4n) is 5.34. The normalized spacial score (nSPS) is 18.9. The van der Waals surface area contributed by atoms with Crippen molar-refractivity contribution in [1.82, 2.24) is 31.5 Å². The van der Waals surface area contributed by atoms with Crippen LogP contribution < -0.4 is 38.1 Å². The topological polar surface area (TPSA) is 275 Å². The van der Waals surface area contributed by atoms with Crippen molar-refractivity contribution in [2.24, 2.45) is 23.3 Å². The summed E-state index contributed by atoms with van der Waals surface area (Å²) in [5.41, 5.74) is 11.6. The third-order valence-corrected chi connectivity index (χ3v) is 9.91. The minimum Gasteiger partial charge on any atom is -0.480 e. The fraction of sp³-hybridized carbons (Fsp3) is 0.781. The number of aliphatic carboxylic acids is 1. The van der Waals surface area contributed by atoms with E-state index in [9.17, 15) is 43.8 Å². The van der Waals surface area contributed by atoms with Crippen LogP contribution in [-0.4, -0.2) is 130 Å². The molecule has 1 heterocycles. The predicted octanol–water partition coefficient (Wildman–Crippen LogP) is -2.11. The Labute approximate surface area is 310 Å². The summed E-state index contributed by atoms with van der Waals surface area (Å²) in [5.74, 6) is -6.29. The molecule has 0 aromatic rings. The van der Waals surface area contributed by atoms with E-state index in [1.807, 2.05) is 27.7 Å². The first kappa shape index (κ1) is 45.9. The van der Waals surface area contributed by atoms with E-state index >= 15 is 0 Å². The Balaban J connectivity index is 2.97. The van der Waals surface area contributed by atoms with Gasteiger partial charge in [-0.2, -0.15) is 25.3 Å². The Bertz CT molecular complexity index is 1200. The summed E-state index contributed by atoms with van der Waals surface area (Å²) in [5, 5.41) is 31.9. The number of carboxylic acid groups (broad SMARTS) is 1. The van der Waals surface area contributed by atoms with Crippen LogP contribution in [0.3, 0.4) is 0 Å². The number of carbonyl (C=O) groups is 7. The second-order valence-corrected chi connectivity index (χ2v) is 13.6. The van der Waals surface area contributed by atoms with Gasteiger partial charge in [0.2, 0.25) is 35.4 Å². The van der Waals surface area contributed by atoms with Gasteiger partial charge in [-0.15, -0.1) is 0 Å². The van der Waals surface area contributed by atoms with Gasteiger partial charge in [0.05, 0.1) is 12.6 Å². The number of hydrogen-bond acceptors (Lipinski definition) is 12. The van der Waals surface area contributed by atoms with Gasteiger partial charge in [-0.05, 0) is 50.5 Å². The zero-order valence-electron chi connectivity index (χ0n) is 29.9. The molecule has 0 saturated carbocycles.